The Morgan fingerprint density at radius 3 is 3.06 bits per heavy atom. The first-order valence-corrected chi connectivity index (χ1v) is 6.92. The summed E-state index contributed by atoms with van der Waals surface area (Å²) in [4.78, 5) is 11.4. The van der Waals surface area contributed by atoms with Crippen LogP contribution in [0.5, 0.6) is 0 Å². The van der Waals surface area contributed by atoms with Crippen molar-refractivity contribution < 1.29 is 5.21 Å². The van der Waals surface area contributed by atoms with Crippen LogP contribution in [0.2, 0.25) is 0 Å². The van der Waals surface area contributed by atoms with Crippen LogP contribution < -0.4 is 11.4 Å². The molecule has 8 heteroatoms. The number of H-pyrrole nitrogens is 1. The predicted molar refractivity (Wildman–Crippen MR) is 71.1 cm³/mol. The number of rotatable bonds is 8. The lowest BCUT2D eigenvalue weighted by atomic mass is 10.2. The van der Waals surface area contributed by atoms with E-state index in [1.807, 2.05) is 6.92 Å². The number of hydrogen-bond donors (Lipinski definition) is 3. The summed E-state index contributed by atoms with van der Waals surface area (Å²) in [5.74, 6) is 1.11. The van der Waals surface area contributed by atoms with Crippen LogP contribution in [0.4, 0.5) is 0 Å². The van der Waals surface area contributed by atoms with E-state index in [9.17, 15) is 4.79 Å². The minimum atomic E-state index is -0.156. The van der Waals surface area contributed by atoms with Gasteiger partial charge in [0.2, 0.25) is 0 Å². The van der Waals surface area contributed by atoms with Gasteiger partial charge in [0, 0.05) is 18.7 Å². The van der Waals surface area contributed by atoms with Crippen molar-refractivity contribution in [3.63, 3.8) is 0 Å². The summed E-state index contributed by atoms with van der Waals surface area (Å²) in [6.45, 7) is 2.70. The molecule has 102 valence electrons. The highest BCUT2D eigenvalue weighted by molar-refractivity contribution is 7.99. The Hall–Kier alpha value is -1.44. The number of aromatic nitrogens is 3. The summed E-state index contributed by atoms with van der Waals surface area (Å²) in [6, 6.07) is 0. The van der Waals surface area contributed by atoms with Crippen molar-refractivity contribution in [2.75, 3.05) is 5.75 Å². The van der Waals surface area contributed by atoms with Gasteiger partial charge in [-0.3, -0.25) is 4.57 Å². The van der Waals surface area contributed by atoms with Gasteiger partial charge in [0.1, 0.15) is 5.84 Å². The smallest absolute Gasteiger partial charge is 0.343 e. The fraction of sp³-hybridized carbons (Fsp3) is 0.700. The molecule has 0 radical (unpaired) electrons. The van der Waals surface area contributed by atoms with Crippen molar-refractivity contribution in [3.8, 4) is 0 Å². The summed E-state index contributed by atoms with van der Waals surface area (Å²) < 4.78 is 1.65. The van der Waals surface area contributed by atoms with Crippen molar-refractivity contribution in [1.82, 2.24) is 14.8 Å². The molecule has 1 rings (SSSR count). The fourth-order valence-electron chi connectivity index (χ4n) is 1.46. The van der Waals surface area contributed by atoms with Crippen LogP contribution in [0.15, 0.2) is 15.1 Å². The zero-order chi connectivity index (χ0) is 13.4. The number of oxime groups is 1. The summed E-state index contributed by atoms with van der Waals surface area (Å²) >= 11 is 1.54. The fourth-order valence-corrected chi connectivity index (χ4v) is 2.43. The molecule has 0 atom stereocenters. The molecule has 0 aliphatic heterocycles. The lowest BCUT2D eigenvalue weighted by molar-refractivity contribution is 0.316. The third-order valence-corrected chi connectivity index (χ3v) is 3.42. The zero-order valence-corrected chi connectivity index (χ0v) is 11.2. The maximum atomic E-state index is 11.4. The van der Waals surface area contributed by atoms with Crippen LogP contribution >= 0.6 is 11.8 Å². The van der Waals surface area contributed by atoms with Gasteiger partial charge in [-0.05, 0) is 19.3 Å². The maximum absolute atomic E-state index is 11.4. The van der Waals surface area contributed by atoms with Crippen LogP contribution in [0.25, 0.3) is 0 Å². The predicted octanol–water partition coefficient (Wildman–Crippen LogP) is 0.990. The van der Waals surface area contributed by atoms with Crippen LogP contribution in [0.3, 0.4) is 0 Å². The van der Waals surface area contributed by atoms with E-state index >= 15 is 0 Å². The van der Waals surface area contributed by atoms with Crippen LogP contribution in [0, 0.1) is 0 Å². The average Bonchev–Trinajstić information content (AvgIpc) is 2.71. The second-order valence-corrected chi connectivity index (χ2v) is 4.92. The van der Waals surface area contributed by atoms with Gasteiger partial charge < -0.3 is 10.9 Å². The molecule has 0 aliphatic rings. The van der Waals surface area contributed by atoms with E-state index in [1.165, 1.54) is 0 Å². The van der Waals surface area contributed by atoms with Gasteiger partial charge in [-0.15, -0.1) is 5.10 Å². The normalized spacial score (nSPS) is 11.9. The molecule has 18 heavy (non-hydrogen) atoms. The minimum absolute atomic E-state index is 0.156. The zero-order valence-electron chi connectivity index (χ0n) is 10.4. The van der Waals surface area contributed by atoms with Crippen LogP contribution in [-0.2, 0) is 6.54 Å². The Kier molecular flexibility index (Phi) is 6.34. The molecule has 0 saturated carbocycles. The Morgan fingerprint density at radius 2 is 2.39 bits per heavy atom. The molecule has 0 spiro atoms. The van der Waals surface area contributed by atoms with Gasteiger partial charge in [-0.25, -0.2) is 9.89 Å². The molecule has 1 aromatic rings. The lowest BCUT2D eigenvalue weighted by Crippen LogP contribution is -2.17. The van der Waals surface area contributed by atoms with Crippen LogP contribution in [0.1, 0.15) is 32.6 Å². The molecule has 0 unspecified atom stereocenters. The quantitative estimate of drug-likeness (QED) is 0.163. The number of amidine groups is 1. The molecule has 0 fully saturated rings. The number of unbranched alkanes of at least 4 members (excludes halogenated alkanes) is 1. The molecular weight excluding hydrogens is 254 g/mol. The van der Waals surface area contributed by atoms with Gasteiger partial charge in [0.05, 0.1) is 0 Å². The Balaban J connectivity index is 2.33. The Bertz CT molecular complexity index is 440. The molecule has 0 aromatic carbocycles. The lowest BCUT2D eigenvalue weighted by Gasteiger charge is -2.03. The SMILES string of the molecule is CCCn1c(SCCCCC(N)=NO)n[nH]c1=O. The first-order valence-electron chi connectivity index (χ1n) is 5.93. The third kappa shape index (κ3) is 4.44. The molecule has 4 N–H and O–H groups in total. The third-order valence-electron chi connectivity index (χ3n) is 2.36. The van der Waals surface area contributed by atoms with Gasteiger partial charge in [0.15, 0.2) is 5.16 Å². The van der Waals surface area contributed by atoms with Crippen molar-refractivity contribution in [2.45, 2.75) is 44.3 Å². The monoisotopic (exact) mass is 273 g/mol. The average molecular weight is 273 g/mol. The highest BCUT2D eigenvalue weighted by Crippen LogP contribution is 2.15. The van der Waals surface area contributed by atoms with E-state index in [0.29, 0.717) is 13.0 Å². The van der Waals surface area contributed by atoms with E-state index in [0.717, 1.165) is 30.2 Å². The number of nitrogens with one attached hydrogen (secondary N) is 1. The van der Waals surface area contributed by atoms with Crippen molar-refractivity contribution in [3.05, 3.63) is 10.5 Å². The van der Waals surface area contributed by atoms with E-state index in [2.05, 4.69) is 15.4 Å². The standard InChI is InChI=1S/C10H19N5O2S/c1-2-6-15-9(16)12-13-10(15)18-7-4-3-5-8(11)14-17/h17H,2-7H2,1H3,(H2,11,14)(H,12,16). The van der Waals surface area contributed by atoms with Gasteiger partial charge >= 0.3 is 5.69 Å². The molecule has 7 nitrogen and oxygen atoms in total. The molecular formula is C10H19N5O2S. The molecule has 0 bridgehead atoms. The van der Waals surface area contributed by atoms with Crippen molar-refractivity contribution in [1.29, 1.82) is 0 Å². The molecule has 1 aromatic heterocycles. The topological polar surface area (TPSA) is 109 Å². The largest absolute Gasteiger partial charge is 0.409 e. The van der Waals surface area contributed by atoms with Gasteiger partial charge in [0.25, 0.3) is 0 Å². The van der Waals surface area contributed by atoms with Gasteiger partial charge in [-0.1, -0.05) is 23.8 Å². The summed E-state index contributed by atoms with van der Waals surface area (Å²) in [6.07, 6.45) is 3.26. The molecule has 1 heterocycles. The maximum Gasteiger partial charge on any atom is 0.343 e. The van der Waals surface area contributed by atoms with E-state index in [4.69, 9.17) is 10.9 Å². The Morgan fingerprint density at radius 1 is 1.61 bits per heavy atom. The molecule has 0 aliphatic carbocycles. The van der Waals surface area contributed by atoms with E-state index in [-0.39, 0.29) is 11.5 Å². The summed E-state index contributed by atoms with van der Waals surface area (Å²) in [5.41, 5.74) is 5.21. The number of nitrogens with two attached hydrogens (primary N) is 1. The first kappa shape index (κ1) is 14.6. The second-order valence-electron chi connectivity index (χ2n) is 3.86. The van der Waals surface area contributed by atoms with E-state index < -0.39 is 0 Å². The minimum Gasteiger partial charge on any atom is -0.409 e. The van der Waals surface area contributed by atoms with Crippen LogP contribution in [-0.4, -0.2) is 31.6 Å². The first-order chi connectivity index (χ1) is 8.69. The van der Waals surface area contributed by atoms with Crippen molar-refractivity contribution in [2.24, 2.45) is 10.9 Å². The number of aromatic amines is 1. The highest BCUT2D eigenvalue weighted by Gasteiger charge is 2.07. The number of nitrogens with zero attached hydrogens (tertiary/aromatic N) is 3. The second kappa shape index (κ2) is 7.80. The van der Waals surface area contributed by atoms with Crippen molar-refractivity contribution >= 4 is 17.6 Å². The number of thioether (sulfide) groups is 1. The molecule has 0 amide bonds. The highest BCUT2D eigenvalue weighted by atomic mass is 32.2. The molecule has 0 saturated heterocycles. The summed E-state index contributed by atoms with van der Waals surface area (Å²) in [7, 11) is 0. The summed E-state index contributed by atoms with van der Waals surface area (Å²) in [5, 5.41) is 18.4. The van der Waals surface area contributed by atoms with Gasteiger partial charge in [-0.2, -0.15) is 0 Å². The number of hydrogen-bond acceptors (Lipinski definition) is 5. The Labute approximate surface area is 109 Å². The van der Waals surface area contributed by atoms with E-state index in [1.54, 1.807) is 16.3 Å².